The van der Waals surface area contributed by atoms with Crippen LogP contribution in [0.25, 0.3) is 0 Å². The summed E-state index contributed by atoms with van der Waals surface area (Å²) >= 11 is 12.2. The molecule has 1 heterocycles. The highest BCUT2D eigenvalue weighted by molar-refractivity contribution is 6.35. The summed E-state index contributed by atoms with van der Waals surface area (Å²) in [5, 5.41) is 18.7. The van der Waals surface area contributed by atoms with Gasteiger partial charge < -0.3 is 10.4 Å². The zero-order chi connectivity index (χ0) is 16.4. The zero-order valence-electron chi connectivity index (χ0n) is 12.1. The molecule has 0 aliphatic heterocycles. The quantitative estimate of drug-likeness (QED) is 0.787. The number of carbonyl (C=O) groups is 1. The molecular formula is C14H16Cl2N4O2. The topological polar surface area (TPSA) is 80.0 Å². The summed E-state index contributed by atoms with van der Waals surface area (Å²) in [6.45, 7) is 3.45. The number of halogens is 2. The number of amides is 1. The van der Waals surface area contributed by atoms with E-state index in [1.54, 1.807) is 32.0 Å². The molecule has 0 aliphatic rings. The molecular weight excluding hydrogens is 327 g/mol. The highest BCUT2D eigenvalue weighted by atomic mass is 35.5. The lowest BCUT2D eigenvalue weighted by Gasteiger charge is -2.43. The minimum absolute atomic E-state index is 0.0577. The van der Waals surface area contributed by atoms with Crippen molar-refractivity contribution in [1.29, 1.82) is 0 Å². The summed E-state index contributed by atoms with van der Waals surface area (Å²) in [6, 6.07) is 4.81. The van der Waals surface area contributed by atoms with Gasteiger partial charge in [-0.15, -0.1) is 0 Å². The maximum Gasteiger partial charge on any atom is 0.207 e. The number of carbonyl (C=O) groups excluding carboxylic acids is 1. The fourth-order valence-electron chi connectivity index (χ4n) is 2.26. The summed E-state index contributed by atoms with van der Waals surface area (Å²) in [5.74, 6) is 0. The second-order valence-electron chi connectivity index (χ2n) is 5.46. The fraction of sp³-hybridized carbons (Fsp3) is 0.357. The Bertz CT molecular complexity index is 661. The molecule has 0 saturated heterocycles. The first-order valence-corrected chi connectivity index (χ1v) is 7.27. The fourth-order valence-corrected chi connectivity index (χ4v) is 2.82. The molecule has 0 aliphatic carbocycles. The van der Waals surface area contributed by atoms with Crippen LogP contribution in [0.2, 0.25) is 10.0 Å². The molecule has 0 radical (unpaired) electrons. The van der Waals surface area contributed by atoms with Crippen molar-refractivity contribution in [3.05, 3.63) is 46.5 Å². The van der Waals surface area contributed by atoms with E-state index in [0.717, 1.165) is 0 Å². The van der Waals surface area contributed by atoms with Crippen molar-refractivity contribution in [1.82, 2.24) is 20.1 Å². The van der Waals surface area contributed by atoms with Crippen LogP contribution in [0, 0.1) is 0 Å². The Morgan fingerprint density at radius 1 is 1.41 bits per heavy atom. The van der Waals surface area contributed by atoms with Crippen molar-refractivity contribution in [3.63, 3.8) is 0 Å². The standard InChI is InChI=1S/C14H16Cl2N4O2/c1-13(2,18-9-21)14(22,6-20-8-17-7-19-20)11-4-3-10(15)5-12(11)16/h3-5,7-9,22H,6H2,1-2H3,(H,18,21). The lowest BCUT2D eigenvalue weighted by Crippen LogP contribution is -2.58. The van der Waals surface area contributed by atoms with Crippen LogP contribution in [0.4, 0.5) is 0 Å². The molecule has 0 fully saturated rings. The summed E-state index contributed by atoms with van der Waals surface area (Å²) in [7, 11) is 0. The number of hydrogen-bond acceptors (Lipinski definition) is 4. The molecule has 118 valence electrons. The number of nitrogens with zero attached hydrogens (tertiary/aromatic N) is 3. The Morgan fingerprint density at radius 2 is 2.14 bits per heavy atom. The van der Waals surface area contributed by atoms with E-state index in [0.29, 0.717) is 22.0 Å². The SMILES string of the molecule is CC(C)(NC=O)C(O)(Cn1cncn1)c1ccc(Cl)cc1Cl. The Hall–Kier alpha value is -1.63. The van der Waals surface area contributed by atoms with Crippen LogP contribution >= 0.6 is 23.2 Å². The van der Waals surface area contributed by atoms with Gasteiger partial charge >= 0.3 is 0 Å². The van der Waals surface area contributed by atoms with E-state index in [1.807, 2.05) is 0 Å². The molecule has 1 amide bonds. The Kier molecular flexibility index (Phi) is 4.75. The van der Waals surface area contributed by atoms with Crippen LogP contribution in [-0.4, -0.2) is 31.8 Å². The molecule has 1 aromatic carbocycles. The Morgan fingerprint density at radius 3 is 2.68 bits per heavy atom. The molecule has 1 unspecified atom stereocenters. The predicted molar refractivity (Wildman–Crippen MR) is 83.7 cm³/mol. The highest BCUT2D eigenvalue weighted by Crippen LogP contribution is 2.39. The predicted octanol–water partition coefficient (Wildman–Crippen LogP) is 2.00. The van der Waals surface area contributed by atoms with Gasteiger partial charge in [0.05, 0.1) is 12.1 Å². The number of aromatic nitrogens is 3. The molecule has 0 spiro atoms. The summed E-state index contributed by atoms with van der Waals surface area (Å²) in [4.78, 5) is 14.8. The third kappa shape index (κ3) is 3.09. The smallest absolute Gasteiger partial charge is 0.207 e. The van der Waals surface area contributed by atoms with E-state index in [2.05, 4.69) is 15.4 Å². The first kappa shape index (κ1) is 16.7. The van der Waals surface area contributed by atoms with E-state index in [1.165, 1.54) is 17.3 Å². The van der Waals surface area contributed by atoms with Gasteiger partial charge in [0.15, 0.2) is 0 Å². The van der Waals surface area contributed by atoms with Crippen LogP contribution < -0.4 is 5.32 Å². The van der Waals surface area contributed by atoms with Gasteiger partial charge in [-0.25, -0.2) is 9.67 Å². The summed E-state index contributed by atoms with van der Waals surface area (Å²) in [6.07, 6.45) is 3.38. The molecule has 1 aromatic heterocycles. The molecule has 1 atom stereocenters. The highest BCUT2D eigenvalue weighted by Gasteiger charge is 2.46. The summed E-state index contributed by atoms with van der Waals surface area (Å²) < 4.78 is 1.47. The maximum absolute atomic E-state index is 11.3. The monoisotopic (exact) mass is 342 g/mol. The van der Waals surface area contributed by atoms with Crippen molar-refractivity contribution >= 4 is 29.6 Å². The molecule has 8 heteroatoms. The third-order valence-electron chi connectivity index (χ3n) is 3.69. The molecule has 22 heavy (non-hydrogen) atoms. The zero-order valence-corrected chi connectivity index (χ0v) is 13.6. The first-order valence-electron chi connectivity index (χ1n) is 6.52. The summed E-state index contributed by atoms with van der Waals surface area (Å²) in [5.41, 5.74) is -2.10. The number of nitrogens with one attached hydrogen (secondary N) is 1. The molecule has 2 rings (SSSR count). The second kappa shape index (κ2) is 6.24. The molecule has 0 saturated carbocycles. The lowest BCUT2D eigenvalue weighted by atomic mass is 9.77. The van der Waals surface area contributed by atoms with E-state index in [-0.39, 0.29) is 6.54 Å². The van der Waals surface area contributed by atoms with Gasteiger partial charge in [-0.05, 0) is 26.0 Å². The molecule has 2 aromatic rings. The van der Waals surface area contributed by atoms with Crippen molar-refractivity contribution in [2.45, 2.75) is 31.5 Å². The van der Waals surface area contributed by atoms with Gasteiger partial charge in [0, 0.05) is 15.6 Å². The minimum Gasteiger partial charge on any atom is -0.381 e. The normalized spacial score (nSPS) is 14.4. The molecule has 0 bridgehead atoms. The maximum atomic E-state index is 11.3. The van der Waals surface area contributed by atoms with E-state index in [9.17, 15) is 9.90 Å². The average molecular weight is 343 g/mol. The van der Waals surface area contributed by atoms with E-state index < -0.39 is 11.1 Å². The van der Waals surface area contributed by atoms with Crippen LogP contribution in [0.3, 0.4) is 0 Å². The number of benzene rings is 1. The van der Waals surface area contributed by atoms with Crippen molar-refractivity contribution < 1.29 is 9.90 Å². The average Bonchev–Trinajstić information content (AvgIpc) is 2.90. The minimum atomic E-state index is -1.52. The second-order valence-corrected chi connectivity index (χ2v) is 6.31. The van der Waals surface area contributed by atoms with E-state index >= 15 is 0 Å². The first-order chi connectivity index (χ1) is 10.3. The van der Waals surface area contributed by atoms with Crippen LogP contribution in [0.15, 0.2) is 30.9 Å². The van der Waals surface area contributed by atoms with E-state index in [4.69, 9.17) is 23.2 Å². The van der Waals surface area contributed by atoms with Gasteiger partial charge in [0.2, 0.25) is 6.41 Å². The van der Waals surface area contributed by atoms with Crippen LogP contribution in [0.1, 0.15) is 19.4 Å². The largest absolute Gasteiger partial charge is 0.381 e. The Balaban J connectivity index is 2.55. The molecule has 6 nitrogen and oxygen atoms in total. The third-order valence-corrected chi connectivity index (χ3v) is 4.24. The van der Waals surface area contributed by atoms with Gasteiger partial charge in [-0.3, -0.25) is 4.79 Å². The molecule has 2 N–H and O–H groups in total. The Labute approximate surface area is 138 Å². The van der Waals surface area contributed by atoms with Crippen molar-refractivity contribution in [2.75, 3.05) is 0 Å². The van der Waals surface area contributed by atoms with Crippen LogP contribution in [-0.2, 0) is 16.9 Å². The van der Waals surface area contributed by atoms with Gasteiger partial charge in [-0.1, -0.05) is 29.3 Å². The van der Waals surface area contributed by atoms with Crippen molar-refractivity contribution in [2.24, 2.45) is 0 Å². The number of hydrogen-bond donors (Lipinski definition) is 2. The van der Waals surface area contributed by atoms with Crippen molar-refractivity contribution in [3.8, 4) is 0 Å². The lowest BCUT2D eigenvalue weighted by molar-refractivity contribution is -0.117. The number of aliphatic hydroxyl groups is 1. The van der Waals surface area contributed by atoms with Gasteiger partial charge in [0.1, 0.15) is 18.3 Å². The van der Waals surface area contributed by atoms with Gasteiger partial charge in [-0.2, -0.15) is 5.10 Å². The number of rotatable bonds is 6. The van der Waals surface area contributed by atoms with Crippen LogP contribution in [0.5, 0.6) is 0 Å². The van der Waals surface area contributed by atoms with Gasteiger partial charge in [0.25, 0.3) is 0 Å².